The molecule has 1 heterocycles. The lowest BCUT2D eigenvalue weighted by molar-refractivity contribution is 0.306. The normalized spacial score (nSPS) is 11.2. The molecule has 0 saturated carbocycles. The number of rotatable bonds is 4. The van der Waals surface area contributed by atoms with Crippen LogP contribution in [-0.2, 0) is 6.61 Å². The summed E-state index contributed by atoms with van der Waals surface area (Å²) in [6.07, 6.45) is 2.16. The summed E-state index contributed by atoms with van der Waals surface area (Å²) in [6.45, 7) is 4.87. The molecule has 0 unspecified atom stereocenters. The molecule has 0 fully saturated rings. The smallest absolute Gasteiger partial charge is 0.120 e. The Hall–Kier alpha value is -2.42. The van der Waals surface area contributed by atoms with Crippen molar-refractivity contribution in [2.24, 2.45) is 0 Å². The van der Waals surface area contributed by atoms with Gasteiger partial charge in [-0.25, -0.2) is 0 Å². The average Bonchev–Trinajstić information content (AvgIpc) is 2.86. The molecular weight excluding hydrogens is 262 g/mol. The van der Waals surface area contributed by atoms with E-state index in [1.807, 2.05) is 0 Å². The second-order valence-corrected chi connectivity index (χ2v) is 5.46. The third kappa shape index (κ3) is 2.72. The van der Waals surface area contributed by atoms with Gasteiger partial charge in [-0.15, -0.1) is 0 Å². The lowest BCUT2D eigenvalue weighted by Gasteiger charge is -2.08. The third-order valence-electron chi connectivity index (χ3n) is 3.61. The van der Waals surface area contributed by atoms with Crippen LogP contribution >= 0.6 is 0 Å². The third-order valence-corrected chi connectivity index (χ3v) is 3.61. The second-order valence-electron chi connectivity index (χ2n) is 5.46. The van der Waals surface area contributed by atoms with Crippen molar-refractivity contribution in [3.8, 4) is 11.5 Å². The van der Waals surface area contributed by atoms with Crippen molar-refractivity contribution >= 4 is 10.9 Å². The van der Waals surface area contributed by atoms with E-state index in [2.05, 4.69) is 48.9 Å². The van der Waals surface area contributed by atoms with Crippen LogP contribution in [0.5, 0.6) is 11.5 Å². The van der Waals surface area contributed by atoms with Crippen LogP contribution in [0.15, 0.2) is 54.7 Å². The number of aromatic hydroxyl groups is 1. The number of nitrogens with zero attached hydrogens (tertiary/aromatic N) is 1. The summed E-state index contributed by atoms with van der Waals surface area (Å²) >= 11 is 0. The molecule has 3 rings (SSSR count). The van der Waals surface area contributed by atoms with E-state index >= 15 is 0 Å². The molecule has 0 radical (unpaired) electrons. The van der Waals surface area contributed by atoms with Gasteiger partial charge in [-0.1, -0.05) is 18.2 Å². The van der Waals surface area contributed by atoms with Crippen LogP contribution in [0, 0.1) is 0 Å². The Kier molecular flexibility index (Phi) is 3.57. The molecule has 0 aliphatic carbocycles. The van der Waals surface area contributed by atoms with Crippen molar-refractivity contribution in [1.29, 1.82) is 0 Å². The number of hydrogen-bond acceptors (Lipinski definition) is 2. The molecule has 21 heavy (non-hydrogen) atoms. The Bertz CT molecular complexity index is 742. The summed E-state index contributed by atoms with van der Waals surface area (Å²) in [5.74, 6) is 1.01. The summed E-state index contributed by atoms with van der Waals surface area (Å²) in [4.78, 5) is 0. The molecule has 0 aliphatic rings. The standard InChI is InChI=1S/C18H19NO2/c1-13(2)19-11-14(17-5-3-4-6-18(17)19)12-21-16-9-7-15(20)8-10-16/h3-11,13,20H,12H2,1-2H3. The van der Waals surface area contributed by atoms with Gasteiger partial charge in [0.05, 0.1) is 0 Å². The van der Waals surface area contributed by atoms with Gasteiger partial charge in [0.2, 0.25) is 0 Å². The maximum atomic E-state index is 9.29. The minimum absolute atomic E-state index is 0.249. The van der Waals surface area contributed by atoms with E-state index in [0.717, 1.165) is 5.75 Å². The lowest BCUT2D eigenvalue weighted by Crippen LogP contribution is -1.98. The Morgan fingerprint density at radius 3 is 2.48 bits per heavy atom. The van der Waals surface area contributed by atoms with Gasteiger partial charge in [-0.3, -0.25) is 0 Å². The highest BCUT2D eigenvalue weighted by Crippen LogP contribution is 2.26. The number of ether oxygens (including phenoxy) is 1. The second kappa shape index (κ2) is 5.52. The van der Waals surface area contributed by atoms with Crippen LogP contribution in [0.1, 0.15) is 25.5 Å². The molecule has 108 valence electrons. The average molecular weight is 281 g/mol. The molecule has 1 N–H and O–H groups in total. The molecule has 3 aromatic rings. The van der Waals surface area contributed by atoms with Gasteiger partial charge in [-0.2, -0.15) is 0 Å². The highest BCUT2D eigenvalue weighted by atomic mass is 16.5. The zero-order valence-corrected chi connectivity index (χ0v) is 12.3. The number of para-hydroxylation sites is 1. The lowest BCUT2D eigenvalue weighted by atomic mass is 10.2. The molecule has 3 nitrogen and oxygen atoms in total. The van der Waals surface area contributed by atoms with Crippen LogP contribution in [-0.4, -0.2) is 9.67 Å². The van der Waals surface area contributed by atoms with E-state index in [4.69, 9.17) is 4.74 Å². The van der Waals surface area contributed by atoms with Gasteiger partial charge >= 0.3 is 0 Å². The highest BCUT2D eigenvalue weighted by Gasteiger charge is 2.10. The number of benzene rings is 2. The molecule has 1 aromatic heterocycles. The van der Waals surface area contributed by atoms with Gasteiger partial charge in [0.25, 0.3) is 0 Å². The quantitative estimate of drug-likeness (QED) is 0.763. The maximum Gasteiger partial charge on any atom is 0.120 e. The van der Waals surface area contributed by atoms with Crippen molar-refractivity contribution in [3.05, 3.63) is 60.3 Å². The van der Waals surface area contributed by atoms with Crippen molar-refractivity contribution in [2.45, 2.75) is 26.5 Å². The zero-order valence-electron chi connectivity index (χ0n) is 12.3. The summed E-state index contributed by atoms with van der Waals surface area (Å²) in [7, 11) is 0. The topological polar surface area (TPSA) is 34.4 Å². The SMILES string of the molecule is CC(C)n1cc(COc2ccc(O)cc2)c2ccccc21. The van der Waals surface area contributed by atoms with Crippen LogP contribution in [0.2, 0.25) is 0 Å². The van der Waals surface area contributed by atoms with Crippen LogP contribution < -0.4 is 4.74 Å². The first-order valence-electron chi connectivity index (χ1n) is 7.15. The molecule has 3 heteroatoms. The Morgan fingerprint density at radius 1 is 1.05 bits per heavy atom. The fourth-order valence-electron chi connectivity index (χ4n) is 2.52. The summed E-state index contributed by atoms with van der Waals surface area (Å²) < 4.78 is 8.09. The van der Waals surface area contributed by atoms with E-state index in [1.165, 1.54) is 16.5 Å². The van der Waals surface area contributed by atoms with E-state index in [-0.39, 0.29) is 5.75 Å². The number of phenols is 1. The molecule has 0 bridgehead atoms. The number of aromatic nitrogens is 1. The Labute approximate surface area is 124 Å². The monoisotopic (exact) mass is 281 g/mol. The number of hydrogen-bond donors (Lipinski definition) is 1. The van der Waals surface area contributed by atoms with Gasteiger partial charge in [-0.05, 0) is 44.2 Å². The van der Waals surface area contributed by atoms with E-state index in [0.29, 0.717) is 12.6 Å². The minimum Gasteiger partial charge on any atom is -0.508 e. The summed E-state index contributed by atoms with van der Waals surface area (Å²) in [6, 6.07) is 15.6. The van der Waals surface area contributed by atoms with Crippen molar-refractivity contribution < 1.29 is 9.84 Å². The fourth-order valence-corrected chi connectivity index (χ4v) is 2.52. The molecule has 0 atom stereocenters. The van der Waals surface area contributed by atoms with Gasteiger partial charge < -0.3 is 14.4 Å². The minimum atomic E-state index is 0.249. The summed E-state index contributed by atoms with van der Waals surface area (Å²) in [5, 5.41) is 10.5. The molecule has 0 saturated heterocycles. The molecule has 2 aromatic carbocycles. The Balaban J connectivity index is 1.88. The predicted molar refractivity (Wildman–Crippen MR) is 84.8 cm³/mol. The zero-order chi connectivity index (χ0) is 14.8. The van der Waals surface area contributed by atoms with E-state index in [1.54, 1.807) is 24.3 Å². The maximum absolute atomic E-state index is 9.29. The van der Waals surface area contributed by atoms with Crippen LogP contribution in [0.3, 0.4) is 0 Å². The van der Waals surface area contributed by atoms with E-state index < -0.39 is 0 Å². The molecule has 0 spiro atoms. The molecular formula is C18H19NO2. The fraction of sp³-hybridized carbons (Fsp3) is 0.222. The van der Waals surface area contributed by atoms with Crippen molar-refractivity contribution in [1.82, 2.24) is 4.57 Å². The predicted octanol–water partition coefficient (Wildman–Crippen LogP) is 4.51. The largest absolute Gasteiger partial charge is 0.508 e. The number of fused-ring (bicyclic) bond motifs is 1. The first-order chi connectivity index (χ1) is 10.1. The highest BCUT2D eigenvalue weighted by molar-refractivity contribution is 5.84. The van der Waals surface area contributed by atoms with Crippen LogP contribution in [0.25, 0.3) is 10.9 Å². The molecule has 0 aliphatic heterocycles. The van der Waals surface area contributed by atoms with Crippen molar-refractivity contribution in [2.75, 3.05) is 0 Å². The van der Waals surface area contributed by atoms with E-state index in [9.17, 15) is 5.11 Å². The van der Waals surface area contributed by atoms with Crippen LogP contribution in [0.4, 0.5) is 0 Å². The molecule has 0 amide bonds. The van der Waals surface area contributed by atoms with Gasteiger partial charge in [0.15, 0.2) is 0 Å². The Morgan fingerprint density at radius 2 is 1.76 bits per heavy atom. The first-order valence-corrected chi connectivity index (χ1v) is 7.15. The first kappa shape index (κ1) is 13.6. The van der Waals surface area contributed by atoms with Gasteiger partial charge in [0.1, 0.15) is 18.1 Å². The summed E-state index contributed by atoms with van der Waals surface area (Å²) in [5.41, 5.74) is 2.41. The number of phenolic OH excluding ortho intramolecular Hbond substituents is 1. The van der Waals surface area contributed by atoms with Gasteiger partial charge in [0, 0.05) is 28.7 Å². The van der Waals surface area contributed by atoms with Crippen molar-refractivity contribution in [3.63, 3.8) is 0 Å².